The summed E-state index contributed by atoms with van der Waals surface area (Å²) in [5.41, 5.74) is 1.44. The molecule has 0 aliphatic carbocycles. The van der Waals surface area contributed by atoms with E-state index in [1.165, 1.54) is 37.8 Å². The van der Waals surface area contributed by atoms with Crippen LogP contribution < -0.4 is 5.32 Å². The number of rotatable bonds is 4. The Bertz CT molecular complexity index is 362. The van der Waals surface area contributed by atoms with Crippen molar-refractivity contribution >= 4 is 11.3 Å². The van der Waals surface area contributed by atoms with Gasteiger partial charge in [0, 0.05) is 18.1 Å². The van der Waals surface area contributed by atoms with E-state index in [0.29, 0.717) is 6.04 Å². The maximum atomic E-state index is 3.73. The molecule has 0 amide bonds. The summed E-state index contributed by atoms with van der Waals surface area (Å²) in [6.07, 6.45) is 5.65. The van der Waals surface area contributed by atoms with Gasteiger partial charge in [-0.25, -0.2) is 0 Å². The maximum Gasteiger partial charge on any atom is 0.0300 e. The Hall–Kier alpha value is -0.380. The zero-order chi connectivity index (χ0) is 12.5. The number of fused-ring (bicyclic) bond motifs is 2. The van der Waals surface area contributed by atoms with Gasteiger partial charge in [0.15, 0.2) is 0 Å². The van der Waals surface area contributed by atoms with Crippen molar-refractivity contribution in [3.8, 4) is 0 Å². The van der Waals surface area contributed by atoms with Gasteiger partial charge in [-0.15, -0.1) is 0 Å². The van der Waals surface area contributed by atoms with E-state index < -0.39 is 0 Å². The third-order valence-corrected chi connectivity index (χ3v) is 5.65. The molecule has 3 atom stereocenters. The fourth-order valence-corrected chi connectivity index (χ4v) is 4.43. The number of nitrogens with zero attached hydrogens (tertiary/aromatic N) is 1. The third-order valence-electron chi connectivity index (χ3n) is 4.95. The van der Waals surface area contributed by atoms with Crippen LogP contribution in [0.2, 0.25) is 0 Å². The highest BCUT2D eigenvalue weighted by Crippen LogP contribution is 2.37. The second kappa shape index (κ2) is 5.32. The molecular weight excluding hydrogens is 240 g/mol. The van der Waals surface area contributed by atoms with Crippen molar-refractivity contribution in [3.05, 3.63) is 22.4 Å². The summed E-state index contributed by atoms with van der Waals surface area (Å²) in [6.45, 7) is 3.48. The van der Waals surface area contributed by atoms with Crippen molar-refractivity contribution in [1.29, 1.82) is 0 Å². The third kappa shape index (κ3) is 2.49. The van der Waals surface area contributed by atoms with Crippen LogP contribution in [0.4, 0.5) is 0 Å². The van der Waals surface area contributed by atoms with Crippen molar-refractivity contribution < 1.29 is 0 Å². The molecular formula is C15H24N2S. The van der Waals surface area contributed by atoms with Crippen LogP contribution in [0.5, 0.6) is 0 Å². The molecule has 3 unspecified atom stereocenters. The molecule has 18 heavy (non-hydrogen) atoms. The van der Waals surface area contributed by atoms with Gasteiger partial charge < -0.3 is 10.2 Å². The number of hydrogen-bond acceptors (Lipinski definition) is 3. The van der Waals surface area contributed by atoms with Crippen molar-refractivity contribution in [2.75, 3.05) is 13.6 Å². The lowest BCUT2D eigenvalue weighted by molar-refractivity contribution is 0.131. The predicted octanol–water partition coefficient (Wildman–Crippen LogP) is 3.27. The number of piperidine rings is 1. The van der Waals surface area contributed by atoms with Crippen molar-refractivity contribution in [2.45, 2.75) is 50.7 Å². The Labute approximate surface area is 114 Å². The van der Waals surface area contributed by atoms with E-state index in [1.54, 1.807) is 11.3 Å². The summed E-state index contributed by atoms with van der Waals surface area (Å²) in [7, 11) is 2.32. The lowest BCUT2D eigenvalue weighted by Gasteiger charge is -2.36. The monoisotopic (exact) mass is 264 g/mol. The van der Waals surface area contributed by atoms with Gasteiger partial charge in [0.05, 0.1) is 0 Å². The molecule has 2 nitrogen and oxygen atoms in total. The van der Waals surface area contributed by atoms with E-state index in [1.807, 2.05) is 0 Å². The van der Waals surface area contributed by atoms with Crippen molar-refractivity contribution in [2.24, 2.45) is 5.92 Å². The van der Waals surface area contributed by atoms with E-state index in [2.05, 4.69) is 41.0 Å². The van der Waals surface area contributed by atoms with Crippen molar-refractivity contribution in [1.82, 2.24) is 10.2 Å². The second-order valence-corrected chi connectivity index (χ2v) is 6.85. The quantitative estimate of drug-likeness (QED) is 0.898. The molecule has 0 spiro atoms. The fourth-order valence-electron chi connectivity index (χ4n) is 3.67. The average Bonchev–Trinajstić information content (AvgIpc) is 2.94. The zero-order valence-electron chi connectivity index (χ0n) is 11.4. The lowest BCUT2D eigenvalue weighted by Crippen LogP contribution is -2.42. The summed E-state index contributed by atoms with van der Waals surface area (Å²) in [5, 5.41) is 8.16. The Morgan fingerprint density at radius 2 is 2.11 bits per heavy atom. The van der Waals surface area contributed by atoms with Gasteiger partial charge in [-0.1, -0.05) is 0 Å². The topological polar surface area (TPSA) is 15.3 Å². The SMILES string of the molecule is CC(NCC1CC2CCC(C1)N2C)c1ccsc1. The first-order valence-corrected chi connectivity index (χ1v) is 8.15. The fraction of sp³-hybridized carbons (Fsp3) is 0.733. The molecule has 2 aliphatic rings. The molecule has 1 aromatic rings. The highest BCUT2D eigenvalue weighted by molar-refractivity contribution is 7.07. The first kappa shape index (κ1) is 12.6. The zero-order valence-corrected chi connectivity index (χ0v) is 12.2. The first-order chi connectivity index (χ1) is 8.74. The standard InChI is InChI=1S/C15H24N2S/c1-11(13-5-6-18-10-13)16-9-12-7-14-3-4-15(8-12)17(14)2/h5-6,10-12,14-16H,3-4,7-9H2,1-2H3. The molecule has 0 saturated carbocycles. The highest BCUT2D eigenvalue weighted by Gasteiger charge is 2.38. The molecule has 3 heteroatoms. The minimum absolute atomic E-state index is 0.508. The van der Waals surface area contributed by atoms with Gasteiger partial charge in [0.25, 0.3) is 0 Å². The van der Waals surface area contributed by atoms with Crippen LogP contribution in [-0.4, -0.2) is 30.6 Å². The molecule has 0 aromatic carbocycles. The minimum atomic E-state index is 0.508. The van der Waals surface area contributed by atoms with Crippen molar-refractivity contribution in [3.63, 3.8) is 0 Å². The molecule has 0 radical (unpaired) electrons. The number of thiophene rings is 1. The van der Waals surface area contributed by atoms with Gasteiger partial charge >= 0.3 is 0 Å². The summed E-state index contributed by atoms with van der Waals surface area (Å²) >= 11 is 1.79. The van der Waals surface area contributed by atoms with Crippen LogP contribution in [-0.2, 0) is 0 Å². The highest BCUT2D eigenvalue weighted by atomic mass is 32.1. The number of hydrogen-bond donors (Lipinski definition) is 1. The van der Waals surface area contributed by atoms with E-state index >= 15 is 0 Å². The van der Waals surface area contributed by atoms with E-state index in [9.17, 15) is 0 Å². The van der Waals surface area contributed by atoms with Gasteiger partial charge in [0.2, 0.25) is 0 Å². The molecule has 2 saturated heterocycles. The first-order valence-electron chi connectivity index (χ1n) is 7.21. The van der Waals surface area contributed by atoms with Crippen LogP contribution in [0.25, 0.3) is 0 Å². The molecule has 1 N–H and O–H groups in total. The summed E-state index contributed by atoms with van der Waals surface area (Å²) in [6, 6.07) is 4.48. The van der Waals surface area contributed by atoms with Gasteiger partial charge in [-0.3, -0.25) is 0 Å². The Morgan fingerprint density at radius 3 is 2.72 bits per heavy atom. The Kier molecular flexibility index (Phi) is 3.73. The normalized spacial score (nSPS) is 33.8. The molecule has 3 heterocycles. The molecule has 2 bridgehead atoms. The summed E-state index contributed by atoms with van der Waals surface area (Å²) in [5.74, 6) is 0.889. The smallest absolute Gasteiger partial charge is 0.0300 e. The average molecular weight is 264 g/mol. The summed E-state index contributed by atoms with van der Waals surface area (Å²) < 4.78 is 0. The second-order valence-electron chi connectivity index (χ2n) is 6.07. The Morgan fingerprint density at radius 1 is 1.39 bits per heavy atom. The van der Waals surface area contributed by atoms with Crippen LogP contribution in [0.15, 0.2) is 16.8 Å². The maximum absolute atomic E-state index is 3.73. The lowest BCUT2D eigenvalue weighted by atomic mass is 9.91. The minimum Gasteiger partial charge on any atom is -0.310 e. The van der Waals surface area contributed by atoms with Gasteiger partial charge in [-0.2, -0.15) is 11.3 Å². The van der Waals surface area contributed by atoms with Crippen LogP contribution in [0.3, 0.4) is 0 Å². The predicted molar refractivity (Wildman–Crippen MR) is 78.0 cm³/mol. The van der Waals surface area contributed by atoms with Crippen LogP contribution >= 0.6 is 11.3 Å². The molecule has 2 aliphatic heterocycles. The van der Waals surface area contributed by atoms with Crippen LogP contribution in [0, 0.1) is 5.92 Å². The largest absolute Gasteiger partial charge is 0.310 e. The number of nitrogens with one attached hydrogen (secondary N) is 1. The van der Waals surface area contributed by atoms with Crippen LogP contribution in [0.1, 0.15) is 44.2 Å². The summed E-state index contributed by atoms with van der Waals surface area (Å²) in [4.78, 5) is 2.62. The van der Waals surface area contributed by atoms with Gasteiger partial charge in [-0.05, 0) is 74.5 Å². The molecule has 100 valence electrons. The van der Waals surface area contributed by atoms with Gasteiger partial charge in [0.1, 0.15) is 0 Å². The van der Waals surface area contributed by atoms with E-state index in [4.69, 9.17) is 0 Å². The molecule has 2 fully saturated rings. The molecule has 3 rings (SSSR count). The van der Waals surface area contributed by atoms with E-state index in [-0.39, 0.29) is 0 Å². The molecule has 1 aromatic heterocycles. The van der Waals surface area contributed by atoms with E-state index in [0.717, 1.165) is 18.0 Å². The Balaban J connectivity index is 1.50.